The van der Waals surface area contributed by atoms with Crippen molar-refractivity contribution >= 4 is 0 Å². The Labute approximate surface area is 131 Å². The first-order valence-corrected chi connectivity index (χ1v) is 6.94. The predicted octanol–water partition coefficient (Wildman–Crippen LogP) is -6.37. The Balaban J connectivity index is 2.87. The molecule has 0 spiro atoms. The van der Waals surface area contributed by atoms with E-state index in [1.807, 2.05) is 0 Å². The van der Waals surface area contributed by atoms with Crippen molar-refractivity contribution in [3.05, 3.63) is 0 Å². The molecule has 0 aliphatic carbocycles. The predicted molar refractivity (Wildman–Crippen MR) is 70.9 cm³/mol. The number of hydrogen-bond acceptors (Lipinski definition) is 11. The van der Waals surface area contributed by atoms with E-state index < -0.39 is 74.3 Å². The molecule has 0 aromatic rings. The zero-order chi connectivity index (χ0) is 17.9. The number of aliphatic hydroxyl groups excluding tert-OH is 9. The maximum atomic E-state index is 10.3. The number of rotatable bonds is 7. The smallest absolute Gasteiger partial charge is 0.145 e. The highest BCUT2D eigenvalue weighted by atomic mass is 16.5. The van der Waals surface area contributed by atoms with Gasteiger partial charge in [-0.1, -0.05) is 0 Å². The summed E-state index contributed by atoms with van der Waals surface area (Å²) in [5.74, 6) is 0. The second-order valence-electron chi connectivity index (χ2n) is 5.63. The summed E-state index contributed by atoms with van der Waals surface area (Å²) >= 11 is 0. The summed E-state index contributed by atoms with van der Waals surface area (Å²) in [4.78, 5) is 0. The van der Waals surface area contributed by atoms with Crippen LogP contribution in [0.5, 0.6) is 0 Å². The minimum atomic E-state index is -2.62. The second-order valence-corrected chi connectivity index (χ2v) is 5.63. The third kappa shape index (κ3) is 3.97. The standard InChI is InChI=1S/C12H24O11/c13-1-4(15)6(16)8(18)9(19)11(21)12(22)3-23-5(2-14)7(17)10(12)20/h4-11,13-22H,1-3H2/t4-,5+,6+,7+,8-,9-,10-,11?,12+/m0/s1. The van der Waals surface area contributed by atoms with Gasteiger partial charge in [0.2, 0.25) is 0 Å². The van der Waals surface area contributed by atoms with Crippen LogP contribution in [0.2, 0.25) is 0 Å². The molecule has 1 unspecified atom stereocenters. The molecule has 0 aromatic carbocycles. The van der Waals surface area contributed by atoms with Crippen molar-refractivity contribution in [3.8, 4) is 0 Å². The second kappa shape index (κ2) is 8.09. The molecule has 1 aliphatic heterocycles. The van der Waals surface area contributed by atoms with E-state index in [4.69, 9.17) is 14.9 Å². The topological polar surface area (TPSA) is 212 Å². The van der Waals surface area contributed by atoms with Crippen LogP contribution in [0, 0.1) is 0 Å². The van der Waals surface area contributed by atoms with Crippen LogP contribution in [0.15, 0.2) is 0 Å². The summed E-state index contributed by atoms with van der Waals surface area (Å²) in [5.41, 5.74) is -2.62. The molecule has 1 saturated heterocycles. The molecule has 1 fully saturated rings. The Morgan fingerprint density at radius 1 is 0.957 bits per heavy atom. The molecular formula is C12H24O11. The van der Waals surface area contributed by atoms with Gasteiger partial charge in [0, 0.05) is 0 Å². The van der Waals surface area contributed by atoms with Gasteiger partial charge in [0.05, 0.1) is 19.8 Å². The summed E-state index contributed by atoms with van der Waals surface area (Å²) < 4.78 is 4.89. The first-order chi connectivity index (χ1) is 10.6. The summed E-state index contributed by atoms with van der Waals surface area (Å²) in [7, 11) is 0. The summed E-state index contributed by atoms with van der Waals surface area (Å²) in [6, 6.07) is 0. The lowest BCUT2D eigenvalue weighted by molar-refractivity contribution is -0.285. The van der Waals surface area contributed by atoms with E-state index in [0.29, 0.717) is 0 Å². The van der Waals surface area contributed by atoms with Gasteiger partial charge >= 0.3 is 0 Å². The molecule has 9 atom stereocenters. The lowest BCUT2D eigenvalue weighted by Gasteiger charge is -2.46. The van der Waals surface area contributed by atoms with Crippen molar-refractivity contribution in [3.63, 3.8) is 0 Å². The first kappa shape index (κ1) is 20.6. The summed E-state index contributed by atoms with van der Waals surface area (Å²) in [6.45, 7) is -2.40. The lowest BCUT2D eigenvalue weighted by atomic mass is 9.79. The third-order valence-corrected chi connectivity index (χ3v) is 4.04. The van der Waals surface area contributed by atoms with Crippen LogP contribution in [-0.2, 0) is 4.74 Å². The van der Waals surface area contributed by atoms with Gasteiger partial charge in [-0.3, -0.25) is 0 Å². The molecule has 0 amide bonds. The zero-order valence-electron chi connectivity index (χ0n) is 12.1. The van der Waals surface area contributed by atoms with Gasteiger partial charge in [-0.05, 0) is 0 Å². The lowest BCUT2D eigenvalue weighted by Crippen LogP contribution is -2.70. The fourth-order valence-electron chi connectivity index (χ4n) is 2.36. The van der Waals surface area contributed by atoms with Crippen molar-refractivity contribution in [1.29, 1.82) is 0 Å². The molecule has 11 nitrogen and oxygen atoms in total. The average molecular weight is 344 g/mol. The van der Waals surface area contributed by atoms with Gasteiger partial charge in [-0.15, -0.1) is 0 Å². The fraction of sp³-hybridized carbons (Fsp3) is 1.00. The molecule has 1 heterocycles. The third-order valence-electron chi connectivity index (χ3n) is 4.04. The minimum absolute atomic E-state index is 0.670. The van der Waals surface area contributed by atoms with Crippen molar-refractivity contribution in [1.82, 2.24) is 0 Å². The van der Waals surface area contributed by atoms with Gasteiger partial charge in [-0.25, -0.2) is 0 Å². The summed E-state index contributed by atoms with van der Waals surface area (Å²) in [5, 5.41) is 95.7. The average Bonchev–Trinajstić information content (AvgIpc) is 2.56. The maximum absolute atomic E-state index is 10.3. The highest BCUT2D eigenvalue weighted by molar-refractivity contribution is 5.05. The van der Waals surface area contributed by atoms with Crippen LogP contribution in [-0.4, -0.2) is 125 Å². The molecule has 1 aliphatic rings. The maximum Gasteiger partial charge on any atom is 0.145 e. The Bertz CT molecular complexity index is 369. The van der Waals surface area contributed by atoms with E-state index in [0.717, 1.165) is 0 Å². The van der Waals surface area contributed by atoms with Crippen LogP contribution >= 0.6 is 0 Å². The van der Waals surface area contributed by atoms with Crippen molar-refractivity contribution in [2.75, 3.05) is 19.8 Å². The van der Waals surface area contributed by atoms with Crippen molar-refractivity contribution in [2.45, 2.75) is 54.4 Å². The SMILES string of the molecule is OC[C@H](O)[C@@H](O)[C@H](O)[C@H](O)C(O)[C@@]1(O)CO[C@H](CO)[C@@H](O)[C@@H]1O. The number of aliphatic hydroxyl groups is 10. The monoisotopic (exact) mass is 344 g/mol. The highest BCUT2D eigenvalue weighted by Crippen LogP contribution is 2.30. The van der Waals surface area contributed by atoms with E-state index in [1.165, 1.54) is 0 Å². The van der Waals surface area contributed by atoms with Crippen LogP contribution in [0.3, 0.4) is 0 Å². The van der Waals surface area contributed by atoms with Crippen LogP contribution in [0.1, 0.15) is 0 Å². The van der Waals surface area contributed by atoms with E-state index in [2.05, 4.69) is 0 Å². The molecule has 138 valence electrons. The van der Waals surface area contributed by atoms with Crippen LogP contribution in [0.25, 0.3) is 0 Å². The Kier molecular flexibility index (Phi) is 7.25. The molecule has 0 radical (unpaired) electrons. The Hall–Kier alpha value is -0.440. The zero-order valence-corrected chi connectivity index (χ0v) is 12.1. The molecule has 1 rings (SSSR count). The molecular weight excluding hydrogens is 320 g/mol. The number of hydrogen-bond donors (Lipinski definition) is 10. The van der Waals surface area contributed by atoms with E-state index >= 15 is 0 Å². The minimum Gasteiger partial charge on any atom is -0.394 e. The summed E-state index contributed by atoms with van der Waals surface area (Å²) in [6.07, 6.45) is -15.6. The molecule has 11 heteroatoms. The Morgan fingerprint density at radius 2 is 1.52 bits per heavy atom. The van der Waals surface area contributed by atoms with E-state index in [1.54, 1.807) is 0 Å². The molecule has 0 aromatic heterocycles. The van der Waals surface area contributed by atoms with Crippen molar-refractivity contribution < 1.29 is 55.8 Å². The van der Waals surface area contributed by atoms with Gasteiger partial charge in [0.1, 0.15) is 54.4 Å². The van der Waals surface area contributed by atoms with Gasteiger partial charge < -0.3 is 55.8 Å². The number of ether oxygens (including phenoxy) is 1. The highest BCUT2D eigenvalue weighted by Gasteiger charge is 2.55. The molecule has 10 N–H and O–H groups in total. The van der Waals surface area contributed by atoms with Gasteiger partial charge in [-0.2, -0.15) is 0 Å². The van der Waals surface area contributed by atoms with E-state index in [-0.39, 0.29) is 0 Å². The van der Waals surface area contributed by atoms with Gasteiger partial charge in [0.15, 0.2) is 0 Å². The molecule has 0 bridgehead atoms. The Morgan fingerprint density at radius 3 is 2.00 bits per heavy atom. The molecule has 0 saturated carbocycles. The van der Waals surface area contributed by atoms with E-state index in [9.17, 15) is 40.9 Å². The normalized spacial score (nSPS) is 38.6. The van der Waals surface area contributed by atoms with Crippen LogP contribution < -0.4 is 0 Å². The molecule has 23 heavy (non-hydrogen) atoms. The van der Waals surface area contributed by atoms with Crippen molar-refractivity contribution in [2.24, 2.45) is 0 Å². The van der Waals surface area contributed by atoms with Gasteiger partial charge in [0.25, 0.3) is 0 Å². The van der Waals surface area contributed by atoms with Crippen LogP contribution in [0.4, 0.5) is 0 Å². The quantitative estimate of drug-likeness (QED) is 0.210. The first-order valence-electron chi connectivity index (χ1n) is 6.94. The largest absolute Gasteiger partial charge is 0.394 e. The fourth-order valence-corrected chi connectivity index (χ4v) is 2.36.